The molecule has 1 aliphatic carbocycles. The lowest BCUT2D eigenvalue weighted by Crippen LogP contribution is -2.23. The van der Waals surface area contributed by atoms with E-state index in [1.165, 1.54) is 31.2 Å². The summed E-state index contributed by atoms with van der Waals surface area (Å²) in [5, 5.41) is 7.42. The van der Waals surface area contributed by atoms with Crippen molar-refractivity contribution in [3.8, 4) is 0 Å². The molecule has 1 atom stereocenters. The highest BCUT2D eigenvalue weighted by atomic mass is 16.5. The number of hydrogen-bond donors (Lipinski definition) is 1. The second kappa shape index (κ2) is 3.39. The van der Waals surface area contributed by atoms with Crippen LogP contribution >= 0.6 is 0 Å². The zero-order valence-corrected chi connectivity index (χ0v) is 8.33. The van der Waals surface area contributed by atoms with E-state index in [2.05, 4.69) is 10.5 Å². The summed E-state index contributed by atoms with van der Waals surface area (Å²) in [4.78, 5) is 0. The largest absolute Gasteiger partial charge is 0.361 e. The Morgan fingerprint density at radius 3 is 3.07 bits per heavy atom. The van der Waals surface area contributed by atoms with Gasteiger partial charge in [0.1, 0.15) is 5.76 Å². The van der Waals surface area contributed by atoms with Crippen molar-refractivity contribution in [1.29, 1.82) is 0 Å². The normalized spacial score (nSPS) is 27.0. The van der Waals surface area contributed by atoms with Gasteiger partial charge < -0.3 is 9.84 Å². The highest BCUT2D eigenvalue weighted by Crippen LogP contribution is 2.41. The van der Waals surface area contributed by atoms with Gasteiger partial charge in [0.05, 0.1) is 6.20 Å². The minimum atomic E-state index is 0.625. The van der Waals surface area contributed by atoms with Gasteiger partial charge in [0.15, 0.2) is 0 Å². The van der Waals surface area contributed by atoms with Crippen molar-refractivity contribution >= 4 is 0 Å². The number of rotatable bonds is 3. The monoisotopic (exact) mass is 192 g/mol. The Labute approximate surface area is 83.9 Å². The van der Waals surface area contributed by atoms with E-state index in [0.717, 1.165) is 24.6 Å². The van der Waals surface area contributed by atoms with Crippen LogP contribution in [0.2, 0.25) is 0 Å². The molecule has 1 saturated carbocycles. The molecule has 0 aromatic carbocycles. The Kier molecular flexibility index (Phi) is 2.05. The van der Waals surface area contributed by atoms with Gasteiger partial charge in [-0.25, -0.2) is 0 Å². The minimum Gasteiger partial charge on any atom is -0.361 e. The smallest absolute Gasteiger partial charge is 0.141 e. The molecule has 0 spiro atoms. The van der Waals surface area contributed by atoms with E-state index in [1.54, 1.807) is 0 Å². The lowest BCUT2D eigenvalue weighted by Gasteiger charge is -2.07. The van der Waals surface area contributed by atoms with Crippen molar-refractivity contribution in [3.63, 3.8) is 0 Å². The second-order valence-electron chi connectivity index (χ2n) is 4.48. The summed E-state index contributed by atoms with van der Waals surface area (Å²) in [7, 11) is 0. The summed E-state index contributed by atoms with van der Waals surface area (Å²) in [6.07, 6.45) is 8.19. The number of hydrogen-bond acceptors (Lipinski definition) is 3. The number of aromatic nitrogens is 1. The maximum absolute atomic E-state index is 5.34. The molecule has 1 aromatic heterocycles. The van der Waals surface area contributed by atoms with Crippen molar-refractivity contribution in [3.05, 3.63) is 17.5 Å². The third-order valence-electron chi connectivity index (χ3n) is 3.29. The fourth-order valence-electron chi connectivity index (χ4n) is 2.31. The molecule has 1 saturated heterocycles. The summed E-state index contributed by atoms with van der Waals surface area (Å²) in [6, 6.07) is 0.625. The van der Waals surface area contributed by atoms with Crippen molar-refractivity contribution in [2.75, 3.05) is 6.54 Å². The zero-order chi connectivity index (χ0) is 9.38. The molecule has 3 heteroatoms. The van der Waals surface area contributed by atoms with E-state index in [0.29, 0.717) is 6.04 Å². The summed E-state index contributed by atoms with van der Waals surface area (Å²) in [5.74, 6) is 1.89. The van der Waals surface area contributed by atoms with E-state index in [-0.39, 0.29) is 0 Å². The molecule has 0 bridgehead atoms. The van der Waals surface area contributed by atoms with Gasteiger partial charge in [0, 0.05) is 18.0 Å². The van der Waals surface area contributed by atoms with Crippen LogP contribution < -0.4 is 5.32 Å². The first-order valence-corrected chi connectivity index (χ1v) is 5.60. The molecule has 2 aliphatic rings. The molecule has 0 amide bonds. The Morgan fingerprint density at radius 2 is 2.36 bits per heavy atom. The van der Waals surface area contributed by atoms with Gasteiger partial charge >= 0.3 is 0 Å². The van der Waals surface area contributed by atoms with Crippen LogP contribution in [0.1, 0.15) is 42.9 Å². The average Bonchev–Trinajstić information content (AvgIpc) is 2.74. The first kappa shape index (κ1) is 8.48. The van der Waals surface area contributed by atoms with Gasteiger partial charge in [-0.15, -0.1) is 0 Å². The van der Waals surface area contributed by atoms with Crippen LogP contribution in [0.4, 0.5) is 0 Å². The highest BCUT2D eigenvalue weighted by Gasteiger charge is 2.29. The molecule has 1 N–H and O–H groups in total. The summed E-state index contributed by atoms with van der Waals surface area (Å²) in [5.41, 5.74) is 1.37. The molecule has 1 unspecified atom stereocenters. The highest BCUT2D eigenvalue weighted by molar-refractivity contribution is 5.24. The van der Waals surface area contributed by atoms with Crippen molar-refractivity contribution < 1.29 is 4.52 Å². The van der Waals surface area contributed by atoms with Crippen LogP contribution in [0, 0.1) is 0 Å². The fraction of sp³-hybridized carbons (Fsp3) is 0.727. The van der Waals surface area contributed by atoms with Crippen LogP contribution in [-0.4, -0.2) is 17.7 Å². The molecular weight excluding hydrogens is 176 g/mol. The van der Waals surface area contributed by atoms with Crippen molar-refractivity contribution in [2.24, 2.45) is 0 Å². The third kappa shape index (κ3) is 1.57. The predicted molar refractivity (Wildman–Crippen MR) is 53.2 cm³/mol. The Morgan fingerprint density at radius 1 is 1.43 bits per heavy atom. The zero-order valence-electron chi connectivity index (χ0n) is 8.33. The SMILES string of the molecule is c1noc(CC2CCCN2)c1C1CC1. The maximum Gasteiger partial charge on any atom is 0.141 e. The Hall–Kier alpha value is -0.830. The summed E-state index contributed by atoms with van der Waals surface area (Å²) < 4.78 is 5.34. The lowest BCUT2D eigenvalue weighted by molar-refractivity contribution is 0.368. The van der Waals surface area contributed by atoms with Gasteiger partial charge in [0.2, 0.25) is 0 Å². The quantitative estimate of drug-likeness (QED) is 0.794. The standard InChI is InChI=1S/C11H16N2O/c1-2-9(12-5-1)6-11-10(7-13-14-11)8-3-4-8/h7-9,12H,1-6H2. The molecule has 0 radical (unpaired) electrons. The first-order valence-electron chi connectivity index (χ1n) is 5.60. The maximum atomic E-state index is 5.34. The van der Waals surface area contributed by atoms with E-state index < -0.39 is 0 Å². The van der Waals surface area contributed by atoms with Crippen LogP contribution in [0.5, 0.6) is 0 Å². The van der Waals surface area contributed by atoms with E-state index >= 15 is 0 Å². The molecule has 76 valence electrons. The lowest BCUT2D eigenvalue weighted by atomic mass is 10.1. The van der Waals surface area contributed by atoms with E-state index in [4.69, 9.17) is 4.52 Å². The van der Waals surface area contributed by atoms with Gasteiger partial charge in [-0.1, -0.05) is 5.16 Å². The Bertz CT molecular complexity index is 311. The van der Waals surface area contributed by atoms with Crippen molar-refractivity contribution in [2.45, 2.75) is 44.1 Å². The number of nitrogens with one attached hydrogen (secondary N) is 1. The Balaban J connectivity index is 1.71. The summed E-state index contributed by atoms with van der Waals surface area (Å²) >= 11 is 0. The van der Waals surface area contributed by atoms with E-state index in [9.17, 15) is 0 Å². The molecular formula is C11H16N2O. The molecule has 1 aliphatic heterocycles. The van der Waals surface area contributed by atoms with Crippen LogP contribution in [-0.2, 0) is 6.42 Å². The van der Waals surface area contributed by atoms with Crippen molar-refractivity contribution in [1.82, 2.24) is 10.5 Å². The third-order valence-corrected chi connectivity index (χ3v) is 3.29. The molecule has 14 heavy (non-hydrogen) atoms. The molecule has 2 fully saturated rings. The van der Waals surface area contributed by atoms with Crippen LogP contribution in [0.25, 0.3) is 0 Å². The van der Waals surface area contributed by atoms with Crippen LogP contribution in [0.15, 0.2) is 10.7 Å². The minimum absolute atomic E-state index is 0.625. The first-order chi connectivity index (χ1) is 6.93. The second-order valence-corrected chi connectivity index (χ2v) is 4.48. The average molecular weight is 192 g/mol. The molecule has 3 rings (SSSR count). The van der Waals surface area contributed by atoms with Gasteiger partial charge in [-0.05, 0) is 38.1 Å². The summed E-state index contributed by atoms with van der Waals surface area (Å²) in [6.45, 7) is 1.16. The van der Waals surface area contributed by atoms with Gasteiger partial charge in [0.25, 0.3) is 0 Å². The predicted octanol–water partition coefficient (Wildman–Crippen LogP) is 1.85. The fourth-order valence-corrected chi connectivity index (χ4v) is 2.31. The molecule has 3 nitrogen and oxygen atoms in total. The van der Waals surface area contributed by atoms with Gasteiger partial charge in [-0.2, -0.15) is 0 Å². The van der Waals surface area contributed by atoms with E-state index in [1.807, 2.05) is 6.20 Å². The van der Waals surface area contributed by atoms with Gasteiger partial charge in [-0.3, -0.25) is 0 Å². The van der Waals surface area contributed by atoms with Crippen LogP contribution in [0.3, 0.4) is 0 Å². The topological polar surface area (TPSA) is 38.1 Å². The number of nitrogens with zero attached hydrogens (tertiary/aromatic N) is 1. The molecule has 2 heterocycles. The molecule has 1 aromatic rings.